The van der Waals surface area contributed by atoms with Gasteiger partial charge in [0.1, 0.15) is 0 Å². The van der Waals surface area contributed by atoms with E-state index in [9.17, 15) is 8.42 Å². The molecule has 21 heavy (non-hydrogen) atoms. The minimum Gasteiger partial charge on any atom is -0.355 e. The maximum absolute atomic E-state index is 11.7. The van der Waals surface area contributed by atoms with E-state index < -0.39 is 14.6 Å². The van der Waals surface area contributed by atoms with Crippen molar-refractivity contribution in [2.75, 3.05) is 19.8 Å². The molecule has 0 saturated heterocycles. The molecule has 0 bridgehead atoms. The second-order valence-electron chi connectivity index (χ2n) is 6.00. The van der Waals surface area contributed by atoms with Crippen molar-refractivity contribution in [3.05, 3.63) is 0 Å². The van der Waals surface area contributed by atoms with Gasteiger partial charge in [-0.05, 0) is 27.2 Å². The molecule has 7 heteroatoms. The van der Waals surface area contributed by atoms with Crippen molar-refractivity contribution in [1.29, 1.82) is 0 Å². The molecule has 2 N–H and O–H groups in total. The first-order valence-electron chi connectivity index (χ1n) is 7.31. The molecule has 0 heterocycles. The van der Waals surface area contributed by atoms with Crippen LogP contribution in [0.3, 0.4) is 0 Å². The molecule has 1 atom stereocenters. The fraction of sp³-hybridized carbons (Fsp3) is 0.929. The van der Waals surface area contributed by atoms with Gasteiger partial charge in [0.05, 0.1) is 4.75 Å². The van der Waals surface area contributed by atoms with E-state index in [-0.39, 0.29) is 24.0 Å². The molecule has 0 aliphatic carbocycles. The third-order valence-corrected chi connectivity index (χ3v) is 5.68. The van der Waals surface area contributed by atoms with Gasteiger partial charge in [0, 0.05) is 25.9 Å². The van der Waals surface area contributed by atoms with Gasteiger partial charge in [0.25, 0.3) is 0 Å². The molecule has 0 fully saturated rings. The van der Waals surface area contributed by atoms with E-state index >= 15 is 0 Å². The Hall–Kier alpha value is -0.0500. The molecule has 0 aromatic heterocycles. The third-order valence-electron chi connectivity index (χ3n) is 3.53. The maximum atomic E-state index is 11.7. The Morgan fingerprint density at radius 3 is 2.29 bits per heavy atom. The van der Waals surface area contributed by atoms with Crippen LogP contribution in [0.15, 0.2) is 4.99 Å². The number of nitrogens with one attached hydrogen (secondary N) is 2. The number of hydrogen-bond acceptors (Lipinski definition) is 3. The maximum Gasteiger partial charge on any atom is 0.191 e. The lowest BCUT2D eigenvalue weighted by Crippen LogP contribution is -2.49. The topological polar surface area (TPSA) is 70.6 Å². The number of halogens is 1. The van der Waals surface area contributed by atoms with Crippen molar-refractivity contribution in [3.8, 4) is 0 Å². The van der Waals surface area contributed by atoms with Gasteiger partial charge < -0.3 is 10.6 Å². The fourth-order valence-corrected chi connectivity index (χ4v) is 1.96. The molecule has 0 aliphatic heterocycles. The molecular weight excluding hydrogens is 401 g/mol. The Bertz CT molecular complexity index is 408. The number of aliphatic imine (C=N–C) groups is 1. The summed E-state index contributed by atoms with van der Waals surface area (Å²) in [6.45, 7) is 8.07. The highest BCUT2D eigenvalue weighted by atomic mass is 127. The van der Waals surface area contributed by atoms with Gasteiger partial charge in [-0.15, -0.1) is 24.0 Å². The normalized spacial score (nSPS) is 14.3. The highest BCUT2D eigenvalue weighted by Gasteiger charge is 2.30. The lowest BCUT2D eigenvalue weighted by molar-refractivity contribution is 0.530. The molecule has 0 aromatic rings. The van der Waals surface area contributed by atoms with Crippen molar-refractivity contribution in [2.24, 2.45) is 4.99 Å². The van der Waals surface area contributed by atoms with Crippen LogP contribution in [0.1, 0.15) is 53.4 Å². The van der Waals surface area contributed by atoms with E-state index in [1.807, 2.05) is 0 Å². The van der Waals surface area contributed by atoms with Gasteiger partial charge in [-0.25, -0.2) is 8.42 Å². The first-order chi connectivity index (χ1) is 9.14. The number of guanidine groups is 1. The lowest BCUT2D eigenvalue weighted by Gasteiger charge is -2.25. The molecular formula is C14H32IN3O2S. The van der Waals surface area contributed by atoms with Crippen LogP contribution in [0.25, 0.3) is 0 Å². The fourth-order valence-electron chi connectivity index (χ4n) is 1.63. The zero-order valence-corrected chi connectivity index (χ0v) is 17.3. The standard InChI is InChI=1S/C14H31N3O2S.HI/c1-7-8-9-10-12(2)17-13(15-5)16-11-14(3,4)20(6,18)19;/h12H,7-11H2,1-6H3,(H2,15,16,17);1H. The van der Waals surface area contributed by atoms with Crippen LogP contribution >= 0.6 is 24.0 Å². The van der Waals surface area contributed by atoms with E-state index in [0.29, 0.717) is 18.5 Å². The van der Waals surface area contributed by atoms with Crippen LogP contribution in [0.4, 0.5) is 0 Å². The van der Waals surface area contributed by atoms with Crippen LogP contribution in [-0.2, 0) is 9.84 Å². The van der Waals surface area contributed by atoms with Crippen LogP contribution in [0.2, 0.25) is 0 Å². The molecule has 0 radical (unpaired) electrons. The summed E-state index contributed by atoms with van der Waals surface area (Å²) in [6.07, 6.45) is 5.99. The molecule has 0 saturated carbocycles. The smallest absolute Gasteiger partial charge is 0.191 e. The Morgan fingerprint density at radius 2 is 1.86 bits per heavy atom. The summed E-state index contributed by atoms with van der Waals surface area (Å²) in [6, 6.07) is 0.328. The summed E-state index contributed by atoms with van der Waals surface area (Å²) < 4.78 is 22.5. The number of rotatable bonds is 8. The van der Waals surface area contributed by atoms with Gasteiger partial charge in [0.15, 0.2) is 15.8 Å². The number of hydrogen-bond donors (Lipinski definition) is 2. The Morgan fingerprint density at radius 1 is 1.29 bits per heavy atom. The summed E-state index contributed by atoms with van der Waals surface area (Å²) in [5, 5.41) is 6.39. The molecule has 1 unspecified atom stereocenters. The second kappa shape index (κ2) is 10.6. The highest BCUT2D eigenvalue weighted by molar-refractivity contribution is 14.0. The summed E-state index contributed by atoms with van der Waals surface area (Å²) in [5.74, 6) is 0.658. The quantitative estimate of drug-likeness (QED) is 0.267. The van der Waals surface area contributed by atoms with Gasteiger partial charge in [-0.2, -0.15) is 0 Å². The molecule has 5 nitrogen and oxygen atoms in total. The number of sulfone groups is 1. The van der Waals surface area contributed by atoms with E-state index in [1.165, 1.54) is 25.5 Å². The van der Waals surface area contributed by atoms with Crippen molar-refractivity contribution >= 4 is 39.8 Å². The summed E-state index contributed by atoms with van der Waals surface area (Å²) in [4.78, 5) is 4.14. The van der Waals surface area contributed by atoms with Crippen molar-refractivity contribution in [1.82, 2.24) is 10.6 Å². The molecule has 0 rings (SSSR count). The van der Waals surface area contributed by atoms with E-state index in [1.54, 1.807) is 20.9 Å². The number of unbranched alkanes of at least 4 members (excludes halogenated alkanes) is 2. The highest BCUT2D eigenvalue weighted by Crippen LogP contribution is 2.13. The van der Waals surface area contributed by atoms with Crippen LogP contribution in [0, 0.1) is 0 Å². The van der Waals surface area contributed by atoms with Crippen molar-refractivity contribution < 1.29 is 8.42 Å². The van der Waals surface area contributed by atoms with Gasteiger partial charge in [-0.1, -0.05) is 26.2 Å². The Balaban J connectivity index is 0. The molecule has 128 valence electrons. The lowest BCUT2D eigenvalue weighted by atomic mass is 10.1. The molecule has 0 spiro atoms. The predicted octanol–water partition coefficient (Wildman–Crippen LogP) is 2.56. The monoisotopic (exact) mass is 433 g/mol. The molecule has 0 aromatic carbocycles. The zero-order valence-electron chi connectivity index (χ0n) is 14.2. The summed E-state index contributed by atoms with van der Waals surface area (Å²) in [7, 11) is -1.40. The first-order valence-corrected chi connectivity index (χ1v) is 9.20. The zero-order chi connectivity index (χ0) is 15.8. The van der Waals surface area contributed by atoms with Crippen LogP contribution in [0.5, 0.6) is 0 Å². The van der Waals surface area contributed by atoms with Gasteiger partial charge in [-0.3, -0.25) is 4.99 Å². The van der Waals surface area contributed by atoms with E-state index in [0.717, 1.165) is 6.42 Å². The molecule has 0 aliphatic rings. The minimum absolute atomic E-state index is 0. The molecule has 0 amide bonds. The van der Waals surface area contributed by atoms with E-state index in [4.69, 9.17) is 0 Å². The van der Waals surface area contributed by atoms with Crippen molar-refractivity contribution in [3.63, 3.8) is 0 Å². The average Bonchev–Trinajstić information content (AvgIpc) is 2.33. The largest absolute Gasteiger partial charge is 0.355 e. The summed E-state index contributed by atoms with van der Waals surface area (Å²) >= 11 is 0. The second-order valence-corrected chi connectivity index (χ2v) is 8.65. The first kappa shape index (κ1) is 23.2. The van der Waals surface area contributed by atoms with Gasteiger partial charge in [0.2, 0.25) is 0 Å². The van der Waals surface area contributed by atoms with E-state index in [2.05, 4.69) is 29.5 Å². The average molecular weight is 433 g/mol. The predicted molar refractivity (Wildman–Crippen MR) is 102 cm³/mol. The number of nitrogens with zero attached hydrogens (tertiary/aromatic N) is 1. The summed E-state index contributed by atoms with van der Waals surface area (Å²) in [5.41, 5.74) is 0. The van der Waals surface area contributed by atoms with Crippen molar-refractivity contribution in [2.45, 2.75) is 64.2 Å². The Kier molecular flexibility index (Phi) is 11.8. The SMILES string of the molecule is CCCCCC(C)NC(=NC)NCC(C)(C)S(C)(=O)=O.I. The van der Waals surface area contributed by atoms with Crippen LogP contribution < -0.4 is 10.6 Å². The van der Waals surface area contributed by atoms with Gasteiger partial charge >= 0.3 is 0 Å². The Labute approximate surface area is 147 Å². The third kappa shape index (κ3) is 9.55. The minimum atomic E-state index is -3.10. The van der Waals surface area contributed by atoms with Crippen LogP contribution in [-0.4, -0.2) is 45.0 Å².